The molecule has 1 atom stereocenters. The molecule has 0 bridgehead atoms. The third-order valence-corrected chi connectivity index (χ3v) is 4.29. The molecule has 1 fully saturated rings. The minimum atomic E-state index is -0.0380. The summed E-state index contributed by atoms with van der Waals surface area (Å²) in [5, 5.41) is 0.699. The van der Waals surface area contributed by atoms with E-state index in [0.717, 1.165) is 22.2 Å². The number of hydrogen-bond acceptors (Lipinski definition) is 1. The first-order valence-electron chi connectivity index (χ1n) is 4.50. The van der Waals surface area contributed by atoms with Gasteiger partial charge in [0.25, 0.3) is 0 Å². The predicted octanol–water partition coefficient (Wildman–Crippen LogP) is 3.44. The largest absolute Gasteiger partial charge is 0.310 e. The fraction of sp³-hybridized carbons (Fsp3) is 0.300. The Morgan fingerprint density at radius 2 is 2.27 bits per heavy atom. The molecule has 1 aromatic carbocycles. The molecule has 5 heteroatoms. The smallest absolute Gasteiger partial charge is 0.240 e. The number of amides is 1. The molecular weight excluding hydrogens is 392 g/mol. The predicted molar refractivity (Wildman–Crippen MR) is 73.9 cm³/mol. The number of halogens is 3. The van der Waals surface area contributed by atoms with Crippen LogP contribution in [0, 0.1) is 3.57 Å². The molecule has 1 unspecified atom stereocenters. The number of hydrogen-bond donors (Lipinski definition) is 0. The molecule has 1 aliphatic heterocycles. The van der Waals surface area contributed by atoms with Crippen molar-refractivity contribution in [2.45, 2.75) is 11.2 Å². The normalized spacial score (nSPS) is 21.1. The van der Waals surface area contributed by atoms with E-state index in [1.165, 1.54) is 0 Å². The number of alkyl halides is 1. The third-order valence-electron chi connectivity index (χ3n) is 2.34. The zero-order valence-electron chi connectivity index (χ0n) is 7.71. The lowest BCUT2D eigenvalue weighted by Crippen LogP contribution is -2.27. The van der Waals surface area contributed by atoms with Crippen LogP contribution in [0.1, 0.15) is 6.42 Å². The van der Waals surface area contributed by atoms with Crippen LogP contribution < -0.4 is 4.90 Å². The second kappa shape index (κ2) is 4.59. The molecule has 0 aliphatic carbocycles. The van der Waals surface area contributed by atoms with Crippen molar-refractivity contribution in [3.63, 3.8) is 0 Å². The van der Waals surface area contributed by atoms with E-state index in [0.29, 0.717) is 5.02 Å². The van der Waals surface area contributed by atoms with Gasteiger partial charge in [0.1, 0.15) is 0 Å². The number of benzene rings is 1. The van der Waals surface area contributed by atoms with Gasteiger partial charge in [-0.3, -0.25) is 4.79 Å². The summed E-state index contributed by atoms with van der Waals surface area (Å²) in [6.07, 6.45) is 0.859. The maximum atomic E-state index is 11.8. The molecular formula is C10H8BrClINO. The Hall–Kier alpha value is 0.190. The Kier molecular flexibility index (Phi) is 3.57. The summed E-state index contributed by atoms with van der Waals surface area (Å²) in [6.45, 7) is 0.770. The van der Waals surface area contributed by atoms with Gasteiger partial charge in [-0.05, 0) is 47.2 Å². The van der Waals surface area contributed by atoms with Crippen LogP contribution in [0.2, 0.25) is 5.02 Å². The van der Waals surface area contributed by atoms with Crippen LogP contribution in [-0.4, -0.2) is 17.3 Å². The number of carbonyl (C=O) groups is 1. The minimum absolute atomic E-state index is 0.0380. The van der Waals surface area contributed by atoms with Gasteiger partial charge in [-0.25, -0.2) is 0 Å². The second-order valence-corrected chi connectivity index (χ2v) is 6.05. The van der Waals surface area contributed by atoms with Crippen LogP contribution in [0.15, 0.2) is 18.2 Å². The van der Waals surface area contributed by atoms with E-state index in [1.807, 2.05) is 18.2 Å². The van der Waals surface area contributed by atoms with E-state index in [-0.39, 0.29) is 10.7 Å². The lowest BCUT2D eigenvalue weighted by Gasteiger charge is -2.17. The summed E-state index contributed by atoms with van der Waals surface area (Å²) in [5.74, 6) is 0.134. The van der Waals surface area contributed by atoms with Gasteiger partial charge in [0, 0.05) is 15.1 Å². The first-order chi connectivity index (χ1) is 7.09. The summed E-state index contributed by atoms with van der Waals surface area (Å²) >= 11 is 11.4. The molecule has 80 valence electrons. The SMILES string of the molecule is O=C1C(Br)CCN1c1ccc(Cl)cc1I. The molecule has 0 spiro atoms. The highest BCUT2D eigenvalue weighted by Gasteiger charge is 2.31. The van der Waals surface area contributed by atoms with Gasteiger partial charge in [0.15, 0.2) is 0 Å². The molecule has 1 heterocycles. The average Bonchev–Trinajstić information content (AvgIpc) is 2.49. The first-order valence-corrected chi connectivity index (χ1v) is 6.87. The molecule has 2 nitrogen and oxygen atoms in total. The van der Waals surface area contributed by atoms with Crippen molar-refractivity contribution in [1.82, 2.24) is 0 Å². The van der Waals surface area contributed by atoms with E-state index in [1.54, 1.807) is 4.90 Å². The van der Waals surface area contributed by atoms with Gasteiger partial charge in [-0.15, -0.1) is 0 Å². The molecule has 1 aliphatic rings. The Labute approximate surface area is 115 Å². The van der Waals surface area contributed by atoms with Crippen LogP contribution in [0.5, 0.6) is 0 Å². The third kappa shape index (κ3) is 2.31. The summed E-state index contributed by atoms with van der Waals surface area (Å²) < 4.78 is 1.01. The highest BCUT2D eigenvalue weighted by Crippen LogP contribution is 2.30. The van der Waals surface area contributed by atoms with E-state index in [4.69, 9.17) is 11.6 Å². The second-order valence-electron chi connectivity index (χ2n) is 3.34. The molecule has 0 saturated carbocycles. The zero-order chi connectivity index (χ0) is 11.0. The van der Waals surface area contributed by atoms with Gasteiger partial charge in [-0.1, -0.05) is 27.5 Å². The molecule has 0 N–H and O–H groups in total. The van der Waals surface area contributed by atoms with Crippen molar-refractivity contribution in [3.05, 3.63) is 26.8 Å². The molecule has 2 rings (SSSR count). The molecule has 1 saturated heterocycles. The van der Waals surface area contributed by atoms with Gasteiger partial charge in [-0.2, -0.15) is 0 Å². The van der Waals surface area contributed by atoms with Gasteiger partial charge in [0.05, 0.1) is 10.5 Å². The summed E-state index contributed by atoms with van der Waals surface area (Å²) in [6, 6.07) is 5.58. The summed E-state index contributed by atoms with van der Waals surface area (Å²) in [7, 11) is 0. The number of nitrogens with zero attached hydrogens (tertiary/aromatic N) is 1. The highest BCUT2D eigenvalue weighted by molar-refractivity contribution is 14.1. The maximum absolute atomic E-state index is 11.8. The Morgan fingerprint density at radius 1 is 1.53 bits per heavy atom. The standard InChI is InChI=1S/C10H8BrClINO/c11-7-3-4-14(10(7)15)9-2-1-6(12)5-8(9)13/h1-2,5,7H,3-4H2. The van der Waals surface area contributed by atoms with E-state index in [9.17, 15) is 4.79 Å². The molecule has 0 aromatic heterocycles. The van der Waals surface area contributed by atoms with E-state index < -0.39 is 0 Å². The van der Waals surface area contributed by atoms with Crippen molar-refractivity contribution in [3.8, 4) is 0 Å². The summed E-state index contributed by atoms with van der Waals surface area (Å²) in [4.78, 5) is 13.6. The first kappa shape index (κ1) is 11.7. The minimum Gasteiger partial charge on any atom is -0.310 e. The van der Waals surface area contributed by atoms with Gasteiger partial charge in [0.2, 0.25) is 5.91 Å². The van der Waals surface area contributed by atoms with Crippen molar-refractivity contribution in [2.24, 2.45) is 0 Å². The lowest BCUT2D eigenvalue weighted by molar-refractivity contribution is -0.116. The van der Waals surface area contributed by atoms with E-state index >= 15 is 0 Å². The highest BCUT2D eigenvalue weighted by atomic mass is 127. The topological polar surface area (TPSA) is 20.3 Å². The monoisotopic (exact) mass is 399 g/mol. The number of anilines is 1. The van der Waals surface area contributed by atoms with Gasteiger partial charge < -0.3 is 4.90 Å². The lowest BCUT2D eigenvalue weighted by atomic mass is 10.3. The van der Waals surface area contributed by atoms with Crippen molar-refractivity contribution >= 4 is 61.7 Å². The number of carbonyl (C=O) groups excluding carboxylic acids is 1. The summed E-state index contributed by atoms with van der Waals surface area (Å²) in [5.41, 5.74) is 0.951. The van der Waals surface area contributed by atoms with Crippen molar-refractivity contribution in [2.75, 3.05) is 11.4 Å². The van der Waals surface area contributed by atoms with Crippen LogP contribution in [0.25, 0.3) is 0 Å². The average molecular weight is 400 g/mol. The molecule has 1 aromatic rings. The van der Waals surface area contributed by atoms with Gasteiger partial charge >= 0.3 is 0 Å². The Morgan fingerprint density at radius 3 is 2.80 bits per heavy atom. The quantitative estimate of drug-likeness (QED) is 0.522. The Balaban J connectivity index is 2.34. The molecule has 1 amide bonds. The van der Waals surface area contributed by atoms with Crippen LogP contribution in [0.4, 0.5) is 5.69 Å². The fourth-order valence-corrected chi connectivity index (χ4v) is 3.20. The van der Waals surface area contributed by atoms with Crippen LogP contribution in [0.3, 0.4) is 0 Å². The van der Waals surface area contributed by atoms with Crippen molar-refractivity contribution in [1.29, 1.82) is 0 Å². The fourth-order valence-electron chi connectivity index (χ4n) is 1.58. The molecule has 0 radical (unpaired) electrons. The van der Waals surface area contributed by atoms with Crippen LogP contribution in [-0.2, 0) is 4.79 Å². The molecule has 15 heavy (non-hydrogen) atoms. The maximum Gasteiger partial charge on any atom is 0.240 e. The zero-order valence-corrected chi connectivity index (χ0v) is 12.2. The Bertz CT molecular complexity index is 412. The van der Waals surface area contributed by atoms with Crippen molar-refractivity contribution < 1.29 is 4.79 Å². The number of rotatable bonds is 1. The van der Waals surface area contributed by atoms with Crippen LogP contribution >= 0.6 is 50.1 Å². The van der Waals surface area contributed by atoms with E-state index in [2.05, 4.69) is 38.5 Å².